The smallest absolute Gasteiger partial charge is 0.543 e. The number of carbonyl (C=O) groups excluding carboxylic acids is 2. The maximum Gasteiger partial charge on any atom is 1.00 e. The molecule has 3 aliphatic rings. The van der Waals surface area contributed by atoms with Crippen LogP contribution in [0, 0.1) is 0 Å². The van der Waals surface area contributed by atoms with Crippen molar-refractivity contribution in [3.63, 3.8) is 0 Å². The first-order valence-electron chi connectivity index (χ1n) is 6.41. The van der Waals surface area contributed by atoms with Gasteiger partial charge >= 0.3 is 29.6 Å². The van der Waals surface area contributed by atoms with Gasteiger partial charge in [0.05, 0.1) is 35.7 Å². The minimum atomic E-state index is -1.32. The van der Waals surface area contributed by atoms with E-state index in [0.29, 0.717) is 25.3 Å². The number of imidazole rings is 1. The Kier molecular flexibility index (Phi) is 4.21. The SMILES string of the molecule is O=C([O-])C1=CS[C@@H]2/C(=C\c3cnc4n3CCOC4)C(=O)N12.[Na+]. The predicted molar refractivity (Wildman–Crippen MR) is 71.2 cm³/mol. The molecule has 3 aliphatic heterocycles. The van der Waals surface area contributed by atoms with Crippen molar-refractivity contribution in [2.75, 3.05) is 6.61 Å². The molecule has 0 unspecified atom stereocenters. The average Bonchev–Trinajstić information content (AvgIpc) is 3.06. The normalized spacial score (nSPS) is 24.3. The molecule has 9 heteroatoms. The van der Waals surface area contributed by atoms with Gasteiger partial charge in [0.25, 0.3) is 5.91 Å². The van der Waals surface area contributed by atoms with E-state index < -0.39 is 5.97 Å². The van der Waals surface area contributed by atoms with Gasteiger partial charge in [-0.25, -0.2) is 4.98 Å². The summed E-state index contributed by atoms with van der Waals surface area (Å²) in [6.07, 6.45) is 3.49. The van der Waals surface area contributed by atoms with Crippen LogP contribution in [0.3, 0.4) is 0 Å². The molecule has 4 heterocycles. The van der Waals surface area contributed by atoms with Gasteiger partial charge in [-0.05, 0) is 11.5 Å². The van der Waals surface area contributed by atoms with Crippen molar-refractivity contribution in [2.24, 2.45) is 0 Å². The molecule has 0 saturated carbocycles. The van der Waals surface area contributed by atoms with Crippen LogP contribution in [0.4, 0.5) is 0 Å². The van der Waals surface area contributed by atoms with Gasteiger partial charge in [0.15, 0.2) is 0 Å². The Morgan fingerprint density at radius 2 is 2.36 bits per heavy atom. The van der Waals surface area contributed by atoms with Crippen LogP contribution in [0.1, 0.15) is 11.5 Å². The minimum absolute atomic E-state index is 0. The molecule has 4 rings (SSSR count). The molecule has 0 radical (unpaired) electrons. The summed E-state index contributed by atoms with van der Waals surface area (Å²) in [6.45, 7) is 1.79. The first kappa shape index (κ1) is 15.8. The van der Waals surface area contributed by atoms with E-state index in [1.165, 1.54) is 22.1 Å². The quantitative estimate of drug-likeness (QED) is 0.316. The molecule has 1 atom stereocenters. The Morgan fingerprint density at radius 3 is 3.14 bits per heavy atom. The molecule has 1 amide bonds. The average molecular weight is 327 g/mol. The maximum atomic E-state index is 12.1. The number of aromatic nitrogens is 2. The fourth-order valence-electron chi connectivity index (χ4n) is 2.66. The maximum absolute atomic E-state index is 12.1. The number of aliphatic carboxylic acids is 1. The van der Waals surface area contributed by atoms with E-state index in [9.17, 15) is 14.7 Å². The molecule has 1 saturated heterocycles. The second-order valence-electron chi connectivity index (χ2n) is 4.86. The number of nitrogens with zero attached hydrogens (tertiary/aromatic N) is 3. The molecular formula is C13H10N3NaO4S. The van der Waals surface area contributed by atoms with Crippen molar-refractivity contribution in [3.05, 3.63) is 34.4 Å². The summed E-state index contributed by atoms with van der Waals surface area (Å²) >= 11 is 1.30. The number of carboxylic acid groups (broad SMARTS) is 1. The zero-order chi connectivity index (χ0) is 14.6. The van der Waals surface area contributed by atoms with Gasteiger partial charge in [-0.1, -0.05) is 0 Å². The number of hydrogen-bond donors (Lipinski definition) is 0. The van der Waals surface area contributed by atoms with Crippen LogP contribution in [0.25, 0.3) is 6.08 Å². The Labute approximate surface area is 152 Å². The number of carboxylic acids is 1. The topological polar surface area (TPSA) is 87.5 Å². The molecule has 0 N–H and O–H groups in total. The summed E-state index contributed by atoms with van der Waals surface area (Å²) in [7, 11) is 0. The summed E-state index contributed by atoms with van der Waals surface area (Å²) in [4.78, 5) is 28.5. The second kappa shape index (κ2) is 5.86. The van der Waals surface area contributed by atoms with E-state index in [-0.39, 0.29) is 46.5 Å². The van der Waals surface area contributed by atoms with Crippen LogP contribution in [-0.4, -0.2) is 38.3 Å². The summed E-state index contributed by atoms with van der Waals surface area (Å²) in [5.41, 5.74) is 1.37. The molecule has 1 aromatic heterocycles. The number of carbonyl (C=O) groups is 2. The van der Waals surface area contributed by atoms with Crippen molar-refractivity contribution >= 4 is 29.7 Å². The van der Waals surface area contributed by atoms with Crippen molar-refractivity contribution < 1.29 is 49.0 Å². The molecule has 1 fully saturated rings. The van der Waals surface area contributed by atoms with E-state index >= 15 is 0 Å². The molecule has 22 heavy (non-hydrogen) atoms. The number of ether oxygens (including phenoxy) is 1. The van der Waals surface area contributed by atoms with Crippen LogP contribution in [0.15, 0.2) is 22.9 Å². The number of thioether (sulfide) groups is 1. The van der Waals surface area contributed by atoms with Gasteiger partial charge in [-0.2, -0.15) is 0 Å². The van der Waals surface area contributed by atoms with Crippen LogP contribution >= 0.6 is 11.8 Å². The van der Waals surface area contributed by atoms with Crippen molar-refractivity contribution in [1.29, 1.82) is 0 Å². The van der Waals surface area contributed by atoms with Crippen LogP contribution in [0.5, 0.6) is 0 Å². The number of β-lactam (4-membered cyclic amide) rings is 1. The Morgan fingerprint density at radius 1 is 1.55 bits per heavy atom. The van der Waals surface area contributed by atoms with E-state index in [0.717, 1.165) is 11.5 Å². The van der Waals surface area contributed by atoms with Gasteiger partial charge in [0, 0.05) is 6.54 Å². The third kappa shape index (κ3) is 2.26. The molecule has 1 aromatic rings. The van der Waals surface area contributed by atoms with Gasteiger partial charge in [-0.3, -0.25) is 9.69 Å². The Bertz CT molecular complexity index is 727. The molecular weight excluding hydrogens is 317 g/mol. The number of fused-ring (bicyclic) bond motifs is 2. The van der Waals surface area contributed by atoms with Crippen LogP contribution < -0.4 is 34.7 Å². The van der Waals surface area contributed by atoms with E-state index in [1.807, 2.05) is 4.57 Å². The fraction of sp³-hybridized carbons (Fsp3) is 0.308. The molecule has 0 aromatic carbocycles. The minimum Gasteiger partial charge on any atom is -0.543 e. The number of rotatable bonds is 2. The van der Waals surface area contributed by atoms with Gasteiger partial charge in [0.2, 0.25) is 0 Å². The van der Waals surface area contributed by atoms with Gasteiger partial charge in [-0.15, -0.1) is 11.8 Å². The first-order valence-corrected chi connectivity index (χ1v) is 7.35. The third-order valence-electron chi connectivity index (χ3n) is 3.71. The summed E-state index contributed by atoms with van der Waals surface area (Å²) in [6, 6.07) is 0. The second-order valence-corrected chi connectivity index (χ2v) is 5.81. The summed E-state index contributed by atoms with van der Waals surface area (Å²) in [5, 5.41) is 12.1. The van der Waals surface area contributed by atoms with E-state index in [4.69, 9.17) is 4.74 Å². The molecule has 0 aliphatic carbocycles. The van der Waals surface area contributed by atoms with Crippen molar-refractivity contribution in [1.82, 2.24) is 14.5 Å². The molecule has 0 bridgehead atoms. The third-order valence-corrected chi connectivity index (χ3v) is 4.79. The zero-order valence-electron chi connectivity index (χ0n) is 11.8. The van der Waals surface area contributed by atoms with Crippen LogP contribution in [0.2, 0.25) is 0 Å². The summed E-state index contributed by atoms with van der Waals surface area (Å²) < 4.78 is 7.33. The first-order chi connectivity index (χ1) is 10.2. The fourth-order valence-corrected chi connectivity index (χ4v) is 3.77. The zero-order valence-corrected chi connectivity index (χ0v) is 14.6. The Hall–Kier alpha value is -1.06. The van der Waals surface area contributed by atoms with E-state index in [1.54, 1.807) is 12.3 Å². The van der Waals surface area contributed by atoms with Gasteiger partial charge < -0.3 is 19.2 Å². The van der Waals surface area contributed by atoms with Crippen LogP contribution in [-0.2, 0) is 27.5 Å². The largest absolute Gasteiger partial charge is 1.00 e. The molecule has 7 nitrogen and oxygen atoms in total. The van der Waals surface area contributed by atoms with Gasteiger partial charge in [0.1, 0.15) is 17.8 Å². The number of hydrogen-bond acceptors (Lipinski definition) is 6. The summed E-state index contributed by atoms with van der Waals surface area (Å²) in [5.74, 6) is -0.774. The monoisotopic (exact) mass is 327 g/mol. The molecule has 108 valence electrons. The number of amides is 1. The van der Waals surface area contributed by atoms with Crippen molar-refractivity contribution in [2.45, 2.75) is 18.5 Å². The predicted octanol–water partition coefficient (Wildman–Crippen LogP) is -3.69. The van der Waals surface area contributed by atoms with Crippen molar-refractivity contribution in [3.8, 4) is 0 Å². The molecule has 0 spiro atoms. The Balaban J connectivity index is 0.00000144. The van der Waals surface area contributed by atoms with E-state index in [2.05, 4.69) is 4.98 Å². The standard InChI is InChI=1S/C13H11N3O4S.Na/c17-11-8(12-16(11)9(6-21-12)13(18)19)3-7-4-14-10-5-20-2-1-15(7)10;/h3-4,6,12H,1-2,5H2,(H,18,19);/q;+1/p-1/b8-3-;/t12-;/m1./s1.